The first kappa shape index (κ1) is 12.2. The lowest BCUT2D eigenvalue weighted by Gasteiger charge is -2.25. The summed E-state index contributed by atoms with van der Waals surface area (Å²) < 4.78 is 0. The molecule has 0 unspecified atom stereocenters. The van der Waals surface area contributed by atoms with Crippen LogP contribution < -0.4 is 10.6 Å². The summed E-state index contributed by atoms with van der Waals surface area (Å²) in [7, 11) is 0. The van der Waals surface area contributed by atoms with Crippen LogP contribution in [0.15, 0.2) is 41.7 Å². The van der Waals surface area contributed by atoms with Crippen molar-refractivity contribution in [3.63, 3.8) is 0 Å². The Hall–Kier alpha value is -1.88. The molecule has 1 amide bonds. The van der Waals surface area contributed by atoms with E-state index in [1.807, 2.05) is 30.3 Å². The lowest BCUT2D eigenvalue weighted by Crippen LogP contribution is -2.44. The third-order valence-electron chi connectivity index (χ3n) is 3.51. The zero-order valence-corrected chi connectivity index (χ0v) is 11.1. The zero-order valence-electron chi connectivity index (χ0n) is 10.3. The average Bonchev–Trinajstić information content (AvgIpc) is 3.08. The van der Waals surface area contributed by atoms with Crippen LogP contribution in [0.25, 0.3) is 0 Å². The summed E-state index contributed by atoms with van der Waals surface area (Å²) in [6.45, 7) is 0. The average molecular weight is 274 g/mol. The van der Waals surface area contributed by atoms with Crippen molar-refractivity contribution in [3.05, 3.63) is 41.7 Å². The number of carbonyl (C=O) groups is 1. The van der Waals surface area contributed by atoms with Gasteiger partial charge in [0.25, 0.3) is 5.91 Å². The molecule has 1 aliphatic heterocycles. The molecule has 3 rings (SSSR count). The Bertz CT molecular complexity index is 576. The van der Waals surface area contributed by atoms with Gasteiger partial charge in [0.2, 0.25) is 0 Å². The molecular formula is C14H14N2O2S. The highest BCUT2D eigenvalue weighted by atomic mass is 32.1. The second-order valence-electron chi connectivity index (χ2n) is 5.05. The fraction of sp³-hybridized carbons (Fsp3) is 0.286. The van der Waals surface area contributed by atoms with Crippen molar-refractivity contribution in [2.75, 3.05) is 5.32 Å². The van der Waals surface area contributed by atoms with Gasteiger partial charge in [-0.15, -0.1) is 0 Å². The standard InChI is InChI=1S/C14H14N2O2S/c17-10-8-14(6-7-14)16-12(18)11(10)13(19)15-9-4-2-1-3-5-9/h1-5,17H,6-8H2,(H,15,19)(H,16,18). The van der Waals surface area contributed by atoms with Crippen molar-refractivity contribution in [1.29, 1.82) is 0 Å². The quantitative estimate of drug-likeness (QED) is 0.724. The predicted octanol–water partition coefficient (Wildman–Crippen LogP) is 2.29. The van der Waals surface area contributed by atoms with Crippen LogP contribution in [0, 0.1) is 0 Å². The molecule has 1 aromatic rings. The summed E-state index contributed by atoms with van der Waals surface area (Å²) in [5.41, 5.74) is 0.788. The first-order chi connectivity index (χ1) is 9.10. The molecule has 1 saturated carbocycles. The molecule has 0 aromatic heterocycles. The van der Waals surface area contributed by atoms with E-state index in [4.69, 9.17) is 12.2 Å². The Morgan fingerprint density at radius 2 is 2.00 bits per heavy atom. The van der Waals surface area contributed by atoms with E-state index in [1.165, 1.54) is 0 Å². The van der Waals surface area contributed by atoms with E-state index < -0.39 is 0 Å². The van der Waals surface area contributed by atoms with Gasteiger partial charge in [-0.1, -0.05) is 30.4 Å². The minimum Gasteiger partial charge on any atom is -0.511 e. The molecule has 5 heteroatoms. The van der Waals surface area contributed by atoms with E-state index in [0.717, 1.165) is 18.5 Å². The molecule has 0 atom stereocenters. The molecular weight excluding hydrogens is 260 g/mol. The molecule has 1 aliphatic carbocycles. The van der Waals surface area contributed by atoms with Crippen LogP contribution >= 0.6 is 12.2 Å². The Morgan fingerprint density at radius 3 is 2.58 bits per heavy atom. The molecule has 0 radical (unpaired) electrons. The Morgan fingerprint density at radius 1 is 1.32 bits per heavy atom. The number of hydrogen-bond donors (Lipinski definition) is 3. The first-order valence-corrected chi connectivity index (χ1v) is 6.62. The molecule has 1 aromatic carbocycles. The normalized spacial score (nSPS) is 20.1. The van der Waals surface area contributed by atoms with Gasteiger partial charge >= 0.3 is 0 Å². The van der Waals surface area contributed by atoms with Gasteiger partial charge in [-0.25, -0.2) is 0 Å². The number of rotatable bonds is 2. The summed E-state index contributed by atoms with van der Waals surface area (Å²) in [4.78, 5) is 12.3. The number of anilines is 1. The maximum Gasteiger partial charge on any atom is 0.258 e. The van der Waals surface area contributed by atoms with Gasteiger partial charge in [-0.05, 0) is 25.0 Å². The van der Waals surface area contributed by atoms with Crippen LogP contribution in [-0.4, -0.2) is 21.5 Å². The van der Waals surface area contributed by atoms with Gasteiger partial charge in [-0.2, -0.15) is 0 Å². The number of carbonyl (C=O) groups excluding carboxylic acids is 1. The lowest BCUT2D eigenvalue weighted by molar-refractivity contribution is -0.118. The maximum atomic E-state index is 12.0. The highest BCUT2D eigenvalue weighted by molar-refractivity contribution is 7.81. The summed E-state index contributed by atoms with van der Waals surface area (Å²) in [6, 6.07) is 9.35. The molecule has 4 nitrogen and oxygen atoms in total. The van der Waals surface area contributed by atoms with E-state index in [2.05, 4.69) is 10.6 Å². The van der Waals surface area contributed by atoms with Crippen LogP contribution in [0.3, 0.4) is 0 Å². The minimum absolute atomic E-state index is 0.0923. The Balaban J connectivity index is 1.81. The second kappa shape index (κ2) is 4.35. The van der Waals surface area contributed by atoms with Gasteiger partial charge in [0.15, 0.2) is 0 Å². The van der Waals surface area contributed by atoms with Crippen molar-refractivity contribution in [3.8, 4) is 0 Å². The zero-order chi connectivity index (χ0) is 13.5. The van der Waals surface area contributed by atoms with Gasteiger partial charge in [0.1, 0.15) is 16.3 Å². The fourth-order valence-corrected chi connectivity index (χ4v) is 2.62. The molecule has 19 heavy (non-hydrogen) atoms. The third-order valence-corrected chi connectivity index (χ3v) is 3.82. The van der Waals surface area contributed by atoms with Gasteiger partial charge in [0.05, 0.1) is 0 Å². The monoisotopic (exact) mass is 274 g/mol. The van der Waals surface area contributed by atoms with Gasteiger partial charge in [0, 0.05) is 17.6 Å². The molecule has 2 aliphatic rings. The number of thiocarbonyl (C=S) groups is 1. The highest BCUT2D eigenvalue weighted by Crippen LogP contribution is 2.43. The molecule has 1 fully saturated rings. The number of benzene rings is 1. The van der Waals surface area contributed by atoms with Crippen LogP contribution in [0.4, 0.5) is 5.69 Å². The summed E-state index contributed by atoms with van der Waals surface area (Å²) in [6.07, 6.45) is 2.33. The van der Waals surface area contributed by atoms with Crippen LogP contribution in [0.5, 0.6) is 0 Å². The van der Waals surface area contributed by atoms with Crippen LogP contribution in [0.2, 0.25) is 0 Å². The molecule has 1 heterocycles. The van der Waals surface area contributed by atoms with E-state index in [0.29, 0.717) is 6.42 Å². The smallest absolute Gasteiger partial charge is 0.258 e. The van der Waals surface area contributed by atoms with Gasteiger partial charge in [-0.3, -0.25) is 4.79 Å². The number of aliphatic hydroxyl groups is 1. The number of amides is 1. The maximum absolute atomic E-state index is 12.0. The van der Waals surface area contributed by atoms with Crippen molar-refractivity contribution in [1.82, 2.24) is 5.32 Å². The number of para-hydroxylation sites is 1. The third kappa shape index (κ3) is 2.33. The predicted molar refractivity (Wildman–Crippen MR) is 77.0 cm³/mol. The Labute approximate surface area is 116 Å². The van der Waals surface area contributed by atoms with Crippen LogP contribution in [-0.2, 0) is 4.79 Å². The van der Waals surface area contributed by atoms with Crippen molar-refractivity contribution < 1.29 is 9.90 Å². The lowest BCUT2D eigenvalue weighted by atomic mass is 10.0. The summed E-state index contributed by atoms with van der Waals surface area (Å²) in [5, 5.41) is 16.0. The Kier molecular flexibility index (Phi) is 2.78. The molecule has 1 spiro atoms. The summed E-state index contributed by atoms with van der Waals surface area (Å²) >= 11 is 5.22. The molecule has 98 valence electrons. The largest absolute Gasteiger partial charge is 0.511 e. The van der Waals surface area contributed by atoms with Gasteiger partial charge < -0.3 is 15.7 Å². The SMILES string of the molecule is O=C1NC2(CC2)CC(O)=C1C(=S)Nc1ccccc1. The number of nitrogens with one attached hydrogen (secondary N) is 2. The highest BCUT2D eigenvalue weighted by Gasteiger charge is 2.49. The molecule has 0 bridgehead atoms. The number of hydrogen-bond acceptors (Lipinski definition) is 3. The van der Waals surface area contributed by atoms with Crippen molar-refractivity contribution in [2.24, 2.45) is 0 Å². The van der Waals surface area contributed by atoms with E-state index in [9.17, 15) is 9.90 Å². The van der Waals surface area contributed by atoms with Crippen LogP contribution in [0.1, 0.15) is 19.3 Å². The second-order valence-corrected chi connectivity index (χ2v) is 5.46. The van der Waals surface area contributed by atoms with E-state index in [1.54, 1.807) is 0 Å². The molecule has 3 N–H and O–H groups in total. The molecule has 0 saturated heterocycles. The first-order valence-electron chi connectivity index (χ1n) is 6.21. The topological polar surface area (TPSA) is 61.4 Å². The van der Waals surface area contributed by atoms with Crippen molar-refractivity contribution >= 4 is 28.8 Å². The number of aliphatic hydroxyl groups excluding tert-OH is 1. The fourth-order valence-electron chi connectivity index (χ4n) is 2.29. The summed E-state index contributed by atoms with van der Waals surface area (Å²) in [5.74, 6) is -0.190. The van der Waals surface area contributed by atoms with E-state index in [-0.39, 0.29) is 27.8 Å². The minimum atomic E-state index is -0.283. The van der Waals surface area contributed by atoms with E-state index >= 15 is 0 Å². The van der Waals surface area contributed by atoms with Crippen molar-refractivity contribution in [2.45, 2.75) is 24.8 Å².